The second-order valence-electron chi connectivity index (χ2n) is 6.54. The number of pyridine rings is 1. The number of carbonyl (C=O) groups is 1. The van der Waals surface area contributed by atoms with Crippen LogP contribution in [0.5, 0.6) is 17.2 Å². The fraction of sp³-hybridized carbons (Fsp3) is 0.130. The Labute approximate surface area is 173 Å². The van der Waals surface area contributed by atoms with Crippen LogP contribution in [-0.4, -0.2) is 29.5 Å². The van der Waals surface area contributed by atoms with Gasteiger partial charge in [0.05, 0.1) is 19.9 Å². The van der Waals surface area contributed by atoms with Crippen molar-refractivity contribution in [3.8, 4) is 17.2 Å². The molecule has 7 heteroatoms. The number of aromatic nitrogens is 2. The quantitative estimate of drug-likeness (QED) is 0.501. The van der Waals surface area contributed by atoms with E-state index in [0.717, 1.165) is 11.3 Å². The molecule has 4 rings (SSSR count). The molecular weight excluding hydrogens is 382 g/mol. The summed E-state index contributed by atoms with van der Waals surface area (Å²) in [5, 5.41) is 2.87. The van der Waals surface area contributed by atoms with Crippen LogP contribution in [0.4, 0.5) is 5.69 Å². The van der Waals surface area contributed by atoms with Gasteiger partial charge in [-0.1, -0.05) is 6.07 Å². The number of imidazole rings is 1. The molecule has 1 amide bonds. The van der Waals surface area contributed by atoms with Crippen molar-refractivity contribution in [2.24, 2.45) is 0 Å². The standard InChI is InChI=1S/C23H21N3O4/c1-28-19-9-6-16(7-10-19)23(27)25-17-8-11-20(29-2)21(13-17)30-15-18-14-26-12-4-3-5-22(26)24-18/h3-14H,15H2,1-2H3,(H,25,27). The van der Waals surface area contributed by atoms with Crippen LogP contribution in [-0.2, 0) is 6.61 Å². The monoisotopic (exact) mass is 403 g/mol. The number of benzene rings is 2. The van der Waals surface area contributed by atoms with Gasteiger partial charge in [0.2, 0.25) is 0 Å². The molecule has 7 nitrogen and oxygen atoms in total. The van der Waals surface area contributed by atoms with Gasteiger partial charge in [-0.2, -0.15) is 0 Å². The van der Waals surface area contributed by atoms with Gasteiger partial charge in [0.1, 0.15) is 18.0 Å². The molecule has 0 saturated heterocycles. The van der Waals surface area contributed by atoms with E-state index in [1.54, 1.807) is 56.7 Å². The topological polar surface area (TPSA) is 74.1 Å². The number of amides is 1. The average Bonchev–Trinajstić information content (AvgIpc) is 3.21. The fourth-order valence-electron chi connectivity index (χ4n) is 3.02. The Morgan fingerprint density at radius 2 is 1.83 bits per heavy atom. The molecule has 0 aliphatic carbocycles. The lowest BCUT2D eigenvalue weighted by Gasteiger charge is -2.12. The highest BCUT2D eigenvalue weighted by Crippen LogP contribution is 2.31. The second kappa shape index (κ2) is 8.57. The summed E-state index contributed by atoms with van der Waals surface area (Å²) in [5.74, 6) is 1.55. The fourth-order valence-corrected chi connectivity index (χ4v) is 3.02. The summed E-state index contributed by atoms with van der Waals surface area (Å²) in [6, 6.07) is 18.0. The Bertz CT molecular complexity index is 1140. The van der Waals surface area contributed by atoms with Crippen LogP contribution in [0.25, 0.3) is 5.65 Å². The molecule has 2 aromatic carbocycles. The summed E-state index contributed by atoms with van der Waals surface area (Å²) >= 11 is 0. The minimum atomic E-state index is -0.228. The molecule has 0 saturated carbocycles. The lowest BCUT2D eigenvalue weighted by atomic mass is 10.2. The summed E-state index contributed by atoms with van der Waals surface area (Å²) in [5.41, 5.74) is 2.76. The van der Waals surface area contributed by atoms with Crippen LogP contribution in [0, 0.1) is 0 Å². The minimum absolute atomic E-state index is 0.228. The third-order valence-corrected chi connectivity index (χ3v) is 4.56. The smallest absolute Gasteiger partial charge is 0.255 e. The molecule has 2 heterocycles. The highest BCUT2D eigenvalue weighted by Gasteiger charge is 2.11. The summed E-state index contributed by atoms with van der Waals surface area (Å²) in [6.07, 6.45) is 3.85. The van der Waals surface area contributed by atoms with Gasteiger partial charge in [-0.3, -0.25) is 4.79 Å². The molecule has 1 N–H and O–H groups in total. The summed E-state index contributed by atoms with van der Waals surface area (Å²) in [7, 11) is 3.16. The molecule has 4 aromatic rings. The molecule has 152 valence electrons. The first-order valence-electron chi connectivity index (χ1n) is 9.35. The molecule has 0 aliphatic heterocycles. The highest BCUT2D eigenvalue weighted by molar-refractivity contribution is 6.04. The highest BCUT2D eigenvalue weighted by atomic mass is 16.5. The van der Waals surface area contributed by atoms with Gasteiger partial charge in [-0.05, 0) is 48.5 Å². The van der Waals surface area contributed by atoms with Crippen molar-refractivity contribution in [2.45, 2.75) is 6.61 Å². The lowest BCUT2D eigenvalue weighted by molar-refractivity contribution is 0.102. The first kappa shape index (κ1) is 19.3. The van der Waals surface area contributed by atoms with Crippen molar-refractivity contribution in [2.75, 3.05) is 19.5 Å². The van der Waals surface area contributed by atoms with E-state index in [0.29, 0.717) is 28.5 Å². The van der Waals surface area contributed by atoms with Gasteiger partial charge in [-0.25, -0.2) is 4.98 Å². The van der Waals surface area contributed by atoms with Crippen molar-refractivity contribution < 1.29 is 19.0 Å². The molecule has 0 aliphatic rings. The summed E-state index contributed by atoms with van der Waals surface area (Å²) in [6.45, 7) is 0.272. The van der Waals surface area contributed by atoms with E-state index in [4.69, 9.17) is 14.2 Å². The molecule has 0 unspecified atom stereocenters. The first-order chi connectivity index (χ1) is 14.7. The van der Waals surface area contributed by atoms with E-state index in [1.165, 1.54) is 0 Å². The largest absolute Gasteiger partial charge is 0.497 e. The summed E-state index contributed by atoms with van der Waals surface area (Å²) < 4.78 is 18.4. The number of nitrogens with one attached hydrogen (secondary N) is 1. The zero-order valence-electron chi connectivity index (χ0n) is 16.7. The van der Waals surface area contributed by atoms with Crippen molar-refractivity contribution in [1.29, 1.82) is 0 Å². The molecule has 2 aromatic heterocycles. The van der Waals surface area contributed by atoms with Crippen molar-refractivity contribution in [3.05, 3.63) is 84.3 Å². The Balaban J connectivity index is 1.48. The van der Waals surface area contributed by atoms with Crippen LogP contribution in [0.2, 0.25) is 0 Å². The number of nitrogens with zero attached hydrogens (tertiary/aromatic N) is 2. The SMILES string of the molecule is COc1ccc(C(=O)Nc2ccc(OC)c(OCc3cn4ccccc4n3)c2)cc1. The Morgan fingerprint density at radius 1 is 1.00 bits per heavy atom. The number of methoxy groups -OCH3 is 2. The maximum absolute atomic E-state index is 12.5. The van der Waals surface area contributed by atoms with Crippen molar-refractivity contribution in [3.63, 3.8) is 0 Å². The van der Waals surface area contributed by atoms with Gasteiger partial charge in [-0.15, -0.1) is 0 Å². The van der Waals surface area contributed by atoms with Gasteiger partial charge < -0.3 is 23.9 Å². The molecule has 30 heavy (non-hydrogen) atoms. The van der Waals surface area contributed by atoms with Crippen LogP contribution in [0.3, 0.4) is 0 Å². The van der Waals surface area contributed by atoms with E-state index >= 15 is 0 Å². The van der Waals surface area contributed by atoms with Gasteiger partial charge in [0.15, 0.2) is 11.5 Å². The Hall–Kier alpha value is -4.00. The third kappa shape index (κ3) is 4.20. The third-order valence-electron chi connectivity index (χ3n) is 4.56. The number of hydrogen-bond acceptors (Lipinski definition) is 5. The van der Waals surface area contributed by atoms with E-state index in [2.05, 4.69) is 10.3 Å². The maximum Gasteiger partial charge on any atom is 0.255 e. The maximum atomic E-state index is 12.5. The molecule has 0 radical (unpaired) electrons. The second-order valence-corrected chi connectivity index (χ2v) is 6.54. The van der Waals surface area contributed by atoms with Crippen molar-refractivity contribution in [1.82, 2.24) is 9.38 Å². The number of carbonyl (C=O) groups excluding carboxylic acids is 1. The number of rotatable bonds is 7. The Kier molecular flexibility index (Phi) is 5.52. The average molecular weight is 403 g/mol. The molecule has 0 fully saturated rings. The molecule has 0 spiro atoms. The lowest BCUT2D eigenvalue weighted by Crippen LogP contribution is -2.12. The summed E-state index contributed by atoms with van der Waals surface area (Å²) in [4.78, 5) is 17.0. The predicted octanol–water partition coefficient (Wildman–Crippen LogP) is 4.18. The molecular formula is C23H21N3O4. The zero-order valence-corrected chi connectivity index (χ0v) is 16.7. The van der Waals surface area contributed by atoms with E-state index in [-0.39, 0.29) is 12.5 Å². The van der Waals surface area contributed by atoms with E-state index < -0.39 is 0 Å². The van der Waals surface area contributed by atoms with Crippen LogP contribution < -0.4 is 19.5 Å². The normalized spacial score (nSPS) is 10.6. The van der Waals surface area contributed by atoms with Crippen LogP contribution >= 0.6 is 0 Å². The van der Waals surface area contributed by atoms with Gasteiger partial charge in [0.25, 0.3) is 5.91 Å². The van der Waals surface area contributed by atoms with Gasteiger partial charge >= 0.3 is 0 Å². The number of ether oxygens (including phenoxy) is 3. The van der Waals surface area contributed by atoms with Crippen molar-refractivity contribution >= 4 is 17.2 Å². The first-order valence-corrected chi connectivity index (χ1v) is 9.35. The number of fused-ring (bicyclic) bond motifs is 1. The minimum Gasteiger partial charge on any atom is -0.497 e. The van der Waals surface area contributed by atoms with E-state index in [9.17, 15) is 4.79 Å². The van der Waals surface area contributed by atoms with Crippen LogP contribution in [0.1, 0.15) is 16.1 Å². The Morgan fingerprint density at radius 3 is 2.57 bits per heavy atom. The van der Waals surface area contributed by atoms with E-state index in [1.807, 2.05) is 35.0 Å². The molecule has 0 atom stereocenters. The zero-order chi connectivity index (χ0) is 20.9. The van der Waals surface area contributed by atoms with Crippen LogP contribution in [0.15, 0.2) is 73.1 Å². The van der Waals surface area contributed by atoms with Gasteiger partial charge in [0, 0.05) is 29.7 Å². The number of hydrogen-bond donors (Lipinski definition) is 1. The number of anilines is 1. The predicted molar refractivity (Wildman–Crippen MR) is 113 cm³/mol. The molecule has 0 bridgehead atoms.